The molecule has 126 valence electrons. The molecule has 0 saturated heterocycles. The standard InChI is InChI=1S/C18H14ClN3O2S/c1-24-17(23)16-15(13-5-3-2-4-6-13)21-18(25-16)22-20-11-12-7-9-14(19)10-8-12/h2-11H,1H3,(H,21,22)/b20-11-. The quantitative estimate of drug-likeness (QED) is 0.401. The van der Waals surface area contributed by atoms with Gasteiger partial charge >= 0.3 is 5.97 Å². The molecule has 0 aliphatic rings. The van der Waals surface area contributed by atoms with Gasteiger partial charge in [0, 0.05) is 10.6 Å². The molecule has 0 spiro atoms. The van der Waals surface area contributed by atoms with Gasteiger partial charge in [-0.15, -0.1) is 0 Å². The Morgan fingerprint density at radius 3 is 2.60 bits per heavy atom. The summed E-state index contributed by atoms with van der Waals surface area (Å²) in [5.41, 5.74) is 5.16. The molecule has 0 radical (unpaired) electrons. The summed E-state index contributed by atoms with van der Waals surface area (Å²) in [6.45, 7) is 0. The number of ether oxygens (including phenoxy) is 1. The molecule has 0 saturated carbocycles. The van der Waals surface area contributed by atoms with Crippen molar-refractivity contribution < 1.29 is 9.53 Å². The summed E-state index contributed by atoms with van der Waals surface area (Å²) < 4.78 is 4.85. The number of rotatable bonds is 5. The van der Waals surface area contributed by atoms with Crippen LogP contribution in [0.1, 0.15) is 15.2 Å². The Balaban J connectivity index is 1.83. The minimum Gasteiger partial charge on any atom is -0.465 e. The Hall–Kier alpha value is -2.70. The Kier molecular flexibility index (Phi) is 5.42. The number of methoxy groups -OCH3 is 1. The summed E-state index contributed by atoms with van der Waals surface area (Å²) in [7, 11) is 1.35. The number of hydrazone groups is 1. The van der Waals surface area contributed by atoms with E-state index in [4.69, 9.17) is 16.3 Å². The van der Waals surface area contributed by atoms with Gasteiger partial charge in [-0.05, 0) is 17.7 Å². The first-order valence-corrected chi connectivity index (χ1v) is 8.56. The first kappa shape index (κ1) is 17.1. The maximum atomic E-state index is 12.0. The van der Waals surface area contributed by atoms with Crippen molar-refractivity contribution in [1.82, 2.24) is 4.98 Å². The van der Waals surface area contributed by atoms with Crippen molar-refractivity contribution in [3.63, 3.8) is 0 Å². The van der Waals surface area contributed by atoms with Crippen molar-refractivity contribution in [3.05, 3.63) is 70.1 Å². The molecular weight excluding hydrogens is 358 g/mol. The molecule has 3 aromatic rings. The number of aromatic nitrogens is 1. The fraction of sp³-hybridized carbons (Fsp3) is 0.0556. The molecule has 1 aromatic heterocycles. The van der Waals surface area contributed by atoms with E-state index in [0.29, 0.717) is 20.7 Å². The van der Waals surface area contributed by atoms with E-state index in [1.807, 2.05) is 42.5 Å². The van der Waals surface area contributed by atoms with Gasteiger partial charge < -0.3 is 4.74 Å². The molecule has 0 bridgehead atoms. The van der Waals surface area contributed by atoms with E-state index < -0.39 is 5.97 Å². The van der Waals surface area contributed by atoms with Gasteiger partial charge in [0.05, 0.1) is 19.0 Å². The summed E-state index contributed by atoms with van der Waals surface area (Å²) in [6, 6.07) is 16.7. The number of carbonyl (C=O) groups excluding carboxylic acids is 1. The zero-order chi connectivity index (χ0) is 17.6. The zero-order valence-electron chi connectivity index (χ0n) is 13.3. The van der Waals surface area contributed by atoms with Gasteiger partial charge in [-0.25, -0.2) is 9.78 Å². The summed E-state index contributed by atoms with van der Waals surface area (Å²) in [5, 5.41) is 5.32. The fourth-order valence-electron chi connectivity index (χ4n) is 2.10. The minimum absolute atomic E-state index is 0.425. The molecule has 1 N–H and O–H groups in total. The lowest BCUT2D eigenvalue weighted by molar-refractivity contribution is 0.0607. The van der Waals surface area contributed by atoms with E-state index in [1.54, 1.807) is 18.3 Å². The summed E-state index contributed by atoms with van der Waals surface area (Å²) in [6.07, 6.45) is 1.65. The number of nitrogens with one attached hydrogen (secondary N) is 1. The maximum Gasteiger partial charge on any atom is 0.350 e. The highest BCUT2D eigenvalue weighted by atomic mass is 35.5. The molecule has 0 aliphatic heterocycles. The molecule has 7 heteroatoms. The van der Waals surface area contributed by atoms with E-state index in [9.17, 15) is 4.79 Å². The van der Waals surface area contributed by atoms with Crippen molar-refractivity contribution in [3.8, 4) is 11.3 Å². The number of nitrogens with zero attached hydrogens (tertiary/aromatic N) is 2. The summed E-state index contributed by atoms with van der Waals surface area (Å²) in [5.74, 6) is -0.425. The highest BCUT2D eigenvalue weighted by molar-refractivity contribution is 7.17. The van der Waals surface area contributed by atoms with Crippen LogP contribution in [0.5, 0.6) is 0 Å². The topological polar surface area (TPSA) is 63.6 Å². The first-order valence-electron chi connectivity index (χ1n) is 7.36. The third-order valence-electron chi connectivity index (χ3n) is 3.29. The average molecular weight is 372 g/mol. The second-order valence-corrected chi connectivity index (χ2v) is 6.41. The lowest BCUT2D eigenvalue weighted by Crippen LogP contribution is -2.00. The molecule has 5 nitrogen and oxygen atoms in total. The van der Waals surface area contributed by atoms with E-state index >= 15 is 0 Å². The Bertz CT molecular complexity index is 892. The lowest BCUT2D eigenvalue weighted by atomic mass is 10.1. The molecule has 3 rings (SSSR count). The van der Waals surface area contributed by atoms with Gasteiger partial charge in [-0.1, -0.05) is 65.4 Å². The van der Waals surface area contributed by atoms with E-state index in [-0.39, 0.29) is 0 Å². The lowest BCUT2D eigenvalue weighted by Gasteiger charge is -1.99. The summed E-state index contributed by atoms with van der Waals surface area (Å²) >= 11 is 7.04. The van der Waals surface area contributed by atoms with Crippen LogP contribution in [-0.4, -0.2) is 24.3 Å². The molecule has 0 atom stereocenters. The number of hydrogen-bond donors (Lipinski definition) is 1. The number of benzene rings is 2. The van der Waals surface area contributed by atoms with E-state index in [0.717, 1.165) is 11.1 Å². The van der Waals surface area contributed by atoms with Crippen molar-refractivity contribution in [1.29, 1.82) is 0 Å². The largest absolute Gasteiger partial charge is 0.465 e. The monoisotopic (exact) mass is 371 g/mol. The zero-order valence-corrected chi connectivity index (χ0v) is 14.8. The predicted octanol–water partition coefficient (Wildman–Crippen LogP) is 4.70. The van der Waals surface area contributed by atoms with E-state index in [2.05, 4.69) is 15.5 Å². The van der Waals surface area contributed by atoms with Crippen molar-refractivity contribution in [2.75, 3.05) is 12.5 Å². The van der Waals surface area contributed by atoms with Gasteiger partial charge in [0.2, 0.25) is 5.13 Å². The molecule has 0 amide bonds. The maximum absolute atomic E-state index is 12.0. The van der Waals surface area contributed by atoms with Crippen LogP contribution in [0.15, 0.2) is 59.7 Å². The molecule has 0 fully saturated rings. The van der Waals surface area contributed by atoms with Crippen LogP contribution < -0.4 is 5.43 Å². The van der Waals surface area contributed by atoms with Crippen LogP contribution in [0.2, 0.25) is 5.02 Å². The normalized spacial score (nSPS) is 10.8. The highest BCUT2D eigenvalue weighted by Crippen LogP contribution is 2.31. The van der Waals surface area contributed by atoms with Crippen molar-refractivity contribution >= 4 is 40.3 Å². The van der Waals surface area contributed by atoms with Gasteiger partial charge in [-0.3, -0.25) is 5.43 Å². The second-order valence-electron chi connectivity index (χ2n) is 4.98. The van der Waals surface area contributed by atoms with E-state index in [1.165, 1.54) is 18.4 Å². The average Bonchev–Trinajstić information content (AvgIpc) is 3.08. The molecule has 1 heterocycles. The third kappa shape index (κ3) is 4.23. The number of anilines is 1. The number of carbonyl (C=O) groups is 1. The van der Waals surface area contributed by atoms with Crippen LogP contribution in [0.3, 0.4) is 0 Å². The molecule has 2 aromatic carbocycles. The van der Waals surface area contributed by atoms with Gasteiger partial charge in [0.15, 0.2) is 0 Å². The van der Waals surface area contributed by atoms with Gasteiger partial charge in [0.25, 0.3) is 0 Å². The van der Waals surface area contributed by atoms with Crippen LogP contribution in [-0.2, 0) is 4.74 Å². The number of esters is 1. The summed E-state index contributed by atoms with van der Waals surface area (Å²) in [4.78, 5) is 16.9. The van der Waals surface area contributed by atoms with Crippen LogP contribution in [0.25, 0.3) is 11.3 Å². The molecular formula is C18H14ClN3O2S. The van der Waals surface area contributed by atoms with Crippen LogP contribution in [0.4, 0.5) is 5.13 Å². The highest BCUT2D eigenvalue weighted by Gasteiger charge is 2.19. The van der Waals surface area contributed by atoms with Crippen molar-refractivity contribution in [2.24, 2.45) is 5.10 Å². The number of halogens is 1. The van der Waals surface area contributed by atoms with Crippen LogP contribution in [0, 0.1) is 0 Å². The van der Waals surface area contributed by atoms with Gasteiger partial charge in [-0.2, -0.15) is 5.10 Å². The first-order chi connectivity index (χ1) is 12.2. The second kappa shape index (κ2) is 7.92. The third-order valence-corrected chi connectivity index (χ3v) is 4.48. The molecule has 25 heavy (non-hydrogen) atoms. The SMILES string of the molecule is COC(=O)c1sc(N/N=C\c2ccc(Cl)cc2)nc1-c1ccccc1. The molecule has 0 aliphatic carbocycles. The minimum atomic E-state index is -0.425. The van der Waals surface area contributed by atoms with Gasteiger partial charge in [0.1, 0.15) is 4.88 Å². The predicted molar refractivity (Wildman–Crippen MR) is 102 cm³/mol. The Morgan fingerprint density at radius 1 is 1.20 bits per heavy atom. The Morgan fingerprint density at radius 2 is 1.92 bits per heavy atom. The molecule has 0 unspecified atom stereocenters. The smallest absolute Gasteiger partial charge is 0.350 e. The van der Waals surface area contributed by atoms with Crippen molar-refractivity contribution in [2.45, 2.75) is 0 Å². The number of hydrogen-bond acceptors (Lipinski definition) is 6. The Labute approximate surface area is 153 Å². The fourth-order valence-corrected chi connectivity index (χ4v) is 3.08. The number of thiazole rings is 1. The van der Waals surface area contributed by atoms with Crippen LogP contribution >= 0.6 is 22.9 Å².